The van der Waals surface area contributed by atoms with E-state index < -0.39 is 0 Å². The van der Waals surface area contributed by atoms with Crippen LogP contribution in [0.4, 0.5) is 0 Å². The van der Waals surface area contributed by atoms with Gasteiger partial charge in [0.15, 0.2) is 0 Å². The Morgan fingerprint density at radius 3 is 1.97 bits per heavy atom. The summed E-state index contributed by atoms with van der Waals surface area (Å²) < 4.78 is 1.35. The van der Waals surface area contributed by atoms with Crippen LogP contribution in [0.15, 0.2) is 82.7 Å². The summed E-state index contributed by atoms with van der Waals surface area (Å²) in [7, 11) is 0. The summed E-state index contributed by atoms with van der Waals surface area (Å²) in [5.41, 5.74) is 1.40. The van der Waals surface area contributed by atoms with Crippen molar-refractivity contribution in [2.75, 3.05) is 0 Å². The monoisotopic (exact) mass is 397 g/mol. The van der Waals surface area contributed by atoms with Gasteiger partial charge in [0.2, 0.25) is 0 Å². The molecule has 140 valence electrons. The number of benzene rings is 4. The van der Waals surface area contributed by atoms with E-state index in [0.29, 0.717) is 21.7 Å². The van der Waals surface area contributed by atoms with Crippen LogP contribution in [-0.4, -0.2) is 15.9 Å². The maximum atomic E-state index is 12.9. The summed E-state index contributed by atoms with van der Waals surface area (Å²) in [6, 6.07) is 23.2. The molecule has 0 bridgehead atoms. The van der Waals surface area contributed by atoms with Crippen molar-refractivity contribution in [3.05, 3.63) is 99.6 Å². The number of aryl methyl sites for hydroxylation is 1. The molecule has 0 radical (unpaired) electrons. The third-order valence-corrected chi connectivity index (χ3v) is 5.53. The van der Waals surface area contributed by atoms with Crippen LogP contribution >= 0.6 is 11.6 Å². The van der Waals surface area contributed by atoms with Crippen molar-refractivity contribution in [1.82, 2.24) is 9.66 Å². The summed E-state index contributed by atoms with van der Waals surface area (Å²) >= 11 is 6.67. The topological polar surface area (TPSA) is 47.2 Å². The van der Waals surface area contributed by atoms with Gasteiger partial charge in [-0.25, -0.2) is 4.98 Å². The number of rotatable bonds is 2. The number of hydrogen-bond donors (Lipinski definition) is 0. The van der Waals surface area contributed by atoms with Gasteiger partial charge in [-0.2, -0.15) is 9.78 Å². The predicted molar refractivity (Wildman–Crippen MR) is 120 cm³/mol. The van der Waals surface area contributed by atoms with E-state index in [1.54, 1.807) is 19.2 Å². The molecule has 4 nitrogen and oxygen atoms in total. The average molecular weight is 398 g/mol. The molecule has 0 saturated carbocycles. The van der Waals surface area contributed by atoms with Gasteiger partial charge >= 0.3 is 0 Å². The largest absolute Gasteiger partial charge is 0.282 e. The van der Waals surface area contributed by atoms with E-state index in [1.165, 1.54) is 4.68 Å². The van der Waals surface area contributed by atoms with E-state index in [4.69, 9.17) is 11.6 Å². The molecule has 0 atom stereocenters. The molecule has 5 heteroatoms. The minimum absolute atomic E-state index is 0.188. The Morgan fingerprint density at radius 1 is 0.828 bits per heavy atom. The molecule has 5 aromatic rings. The van der Waals surface area contributed by atoms with Crippen molar-refractivity contribution in [2.45, 2.75) is 6.92 Å². The second-order valence-electron chi connectivity index (χ2n) is 6.86. The first-order valence-corrected chi connectivity index (χ1v) is 9.64. The predicted octanol–water partition coefficient (Wildman–Crippen LogP) is 5.55. The molecular weight excluding hydrogens is 382 g/mol. The summed E-state index contributed by atoms with van der Waals surface area (Å²) in [6.45, 7) is 1.78. The molecule has 0 fully saturated rings. The third-order valence-electron chi connectivity index (χ3n) is 5.13. The normalized spacial score (nSPS) is 11.8. The highest BCUT2D eigenvalue weighted by Crippen LogP contribution is 2.35. The van der Waals surface area contributed by atoms with E-state index in [1.807, 2.05) is 66.7 Å². The maximum Gasteiger partial charge on any atom is 0.282 e. The highest BCUT2D eigenvalue weighted by Gasteiger charge is 2.12. The minimum atomic E-state index is -0.188. The lowest BCUT2D eigenvalue weighted by Gasteiger charge is -2.11. The van der Waals surface area contributed by atoms with Crippen LogP contribution in [0, 0.1) is 6.92 Å². The smallest absolute Gasteiger partial charge is 0.267 e. The second kappa shape index (κ2) is 6.83. The Hall–Kier alpha value is -3.50. The summed E-state index contributed by atoms with van der Waals surface area (Å²) in [4.78, 5) is 17.5. The van der Waals surface area contributed by atoms with E-state index >= 15 is 0 Å². The van der Waals surface area contributed by atoms with Gasteiger partial charge in [-0.05, 0) is 29.8 Å². The summed E-state index contributed by atoms with van der Waals surface area (Å²) in [5, 5.41) is 9.67. The quantitative estimate of drug-likeness (QED) is 0.290. The first-order valence-electron chi connectivity index (χ1n) is 9.27. The van der Waals surface area contributed by atoms with E-state index in [9.17, 15) is 4.79 Å². The number of fused-ring (bicyclic) bond motifs is 3. The van der Waals surface area contributed by atoms with Crippen molar-refractivity contribution in [2.24, 2.45) is 5.10 Å². The van der Waals surface area contributed by atoms with Crippen molar-refractivity contribution >= 4 is 50.3 Å². The standard InChI is InChI=1S/C24H16ClN3O/c1-15-27-22-13-7-6-12-20(22)24(29)28(15)26-14-21-16-8-2-4-10-18(16)23(25)19-11-5-3-9-17(19)21/h2-14H,1H3/b26-14+. The van der Waals surface area contributed by atoms with Gasteiger partial charge in [0.05, 0.1) is 22.1 Å². The van der Waals surface area contributed by atoms with Gasteiger partial charge in [-0.1, -0.05) is 72.3 Å². The minimum Gasteiger partial charge on any atom is -0.267 e. The SMILES string of the molecule is Cc1nc2ccccc2c(=O)n1/N=C/c1c2ccccc2c(Cl)c2ccccc12. The van der Waals surface area contributed by atoms with E-state index in [0.717, 1.165) is 27.1 Å². The van der Waals surface area contributed by atoms with Crippen LogP contribution < -0.4 is 5.56 Å². The molecule has 1 heterocycles. The molecular formula is C24H16ClN3O. The molecule has 0 aliphatic heterocycles. The lowest BCUT2D eigenvalue weighted by Crippen LogP contribution is -2.20. The van der Waals surface area contributed by atoms with Gasteiger partial charge in [-0.15, -0.1) is 0 Å². The summed E-state index contributed by atoms with van der Waals surface area (Å²) in [6.07, 6.45) is 1.73. The highest BCUT2D eigenvalue weighted by molar-refractivity contribution is 6.42. The first-order chi connectivity index (χ1) is 14.1. The van der Waals surface area contributed by atoms with E-state index in [2.05, 4.69) is 10.1 Å². The van der Waals surface area contributed by atoms with Gasteiger partial charge in [0.25, 0.3) is 5.56 Å². The van der Waals surface area contributed by atoms with Gasteiger partial charge in [0, 0.05) is 16.3 Å². The van der Waals surface area contributed by atoms with Crippen LogP contribution in [0.3, 0.4) is 0 Å². The molecule has 0 amide bonds. The molecule has 4 aromatic carbocycles. The van der Waals surface area contributed by atoms with Crippen molar-refractivity contribution < 1.29 is 0 Å². The highest BCUT2D eigenvalue weighted by atomic mass is 35.5. The van der Waals surface area contributed by atoms with Crippen LogP contribution in [-0.2, 0) is 0 Å². The molecule has 5 rings (SSSR count). The zero-order valence-electron chi connectivity index (χ0n) is 15.6. The number of halogens is 1. The van der Waals surface area contributed by atoms with Crippen molar-refractivity contribution in [3.8, 4) is 0 Å². The fourth-order valence-electron chi connectivity index (χ4n) is 3.73. The van der Waals surface area contributed by atoms with Crippen LogP contribution in [0.25, 0.3) is 32.4 Å². The number of aromatic nitrogens is 2. The number of para-hydroxylation sites is 1. The molecule has 0 spiro atoms. The Morgan fingerprint density at radius 2 is 1.34 bits per heavy atom. The maximum absolute atomic E-state index is 12.9. The van der Waals surface area contributed by atoms with Crippen molar-refractivity contribution in [1.29, 1.82) is 0 Å². The molecule has 0 aliphatic carbocycles. The van der Waals surface area contributed by atoms with Crippen molar-refractivity contribution in [3.63, 3.8) is 0 Å². The number of hydrogen-bond acceptors (Lipinski definition) is 3. The molecule has 1 aromatic heterocycles. The zero-order valence-corrected chi connectivity index (χ0v) is 16.4. The first kappa shape index (κ1) is 17.6. The van der Waals surface area contributed by atoms with Crippen LogP contribution in [0.5, 0.6) is 0 Å². The lowest BCUT2D eigenvalue weighted by atomic mass is 9.97. The fourth-order valence-corrected chi connectivity index (χ4v) is 4.06. The number of nitrogens with zero attached hydrogens (tertiary/aromatic N) is 3. The van der Waals surface area contributed by atoms with Gasteiger partial charge < -0.3 is 0 Å². The van der Waals surface area contributed by atoms with E-state index in [-0.39, 0.29) is 5.56 Å². The zero-order chi connectivity index (χ0) is 20.0. The van der Waals surface area contributed by atoms with Gasteiger partial charge in [-0.3, -0.25) is 4.79 Å². The molecule has 29 heavy (non-hydrogen) atoms. The summed E-state index contributed by atoms with van der Waals surface area (Å²) in [5.74, 6) is 0.535. The third kappa shape index (κ3) is 2.80. The average Bonchev–Trinajstić information content (AvgIpc) is 2.75. The molecule has 0 aliphatic rings. The van der Waals surface area contributed by atoms with Crippen LogP contribution in [0.1, 0.15) is 11.4 Å². The molecule has 0 saturated heterocycles. The molecule has 0 N–H and O–H groups in total. The Balaban J connectivity index is 1.80. The Labute approximate surface area is 171 Å². The van der Waals surface area contributed by atoms with Crippen LogP contribution in [0.2, 0.25) is 5.02 Å². The Kier molecular flexibility index (Phi) is 4.14. The Bertz CT molecular complexity index is 1440. The van der Waals surface area contributed by atoms with Gasteiger partial charge in [0.1, 0.15) is 5.82 Å². The fraction of sp³-hybridized carbons (Fsp3) is 0.0417. The second-order valence-corrected chi connectivity index (χ2v) is 7.23. The lowest BCUT2D eigenvalue weighted by molar-refractivity contribution is 0.771. The molecule has 0 unspecified atom stereocenters.